The van der Waals surface area contributed by atoms with E-state index in [1.165, 1.54) is 0 Å². The van der Waals surface area contributed by atoms with Crippen molar-refractivity contribution in [2.45, 2.75) is 19.4 Å². The van der Waals surface area contributed by atoms with E-state index in [1.54, 1.807) is 0 Å². The second-order valence-electron chi connectivity index (χ2n) is 5.13. The molecule has 2 aromatic rings. The topological polar surface area (TPSA) is 59.2 Å². The Morgan fingerprint density at radius 3 is 2.71 bits per heavy atom. The van der Waals surface area contributed by atoms with Crippen LogP contribution in [0.25, 0.3) is 10.9 Å². The Kier molecular flexibility index (Phi) is 5.96. The van der Waals surface area contributed by atoms with Crippen molar-refractivity contribution >= 4 is 41.6 Å². The number of halogens is 2. The van der Waals surface area contributed by atoms with Crippen molar-refractivity contribution < 1.29 is 4.79 Å². The number of para-hydroxylation sites is 1. The molecule has 3 rings (SSSR count). The summed E-state index contributed by atoms with van der Waals surface area (Å²) in [5, 5.41) is 0.915. The first-order valence-electron chi connectivity index (χ1n) is 6.56. The van der Waals surface area contributed by atoms with E-state index in [9.17, 15) is 4.79 Å². The zero-order valence-electron chi connectivity index (χ0n) is 11.8. The lowest BCUT2D eigenvalue weighted by molar-refractivity contribution is 0.0792. The van der Waals surface area contributed by atoms with Gasteiger partial charge in [-0.1, -0.05) is 18.2 Å². The molecule has 2 heterocycles. The van der Waals surface area contributed by atoms with Gasteiger partial charge in [-0.2, -0.15) is 0 Å². The lowest BCUT2D eigenvalue weighted by Gasteiger charge is -2.17. The molecule has 0 bridgehead atoms. The van der Waals surface area contributed by atoms with Gasteiger partial charge in [-0.05, 0) is 25.5 Å². The predicted molar refractivity (Wildman–Crippen MR) is 89.5 cm³/mol. The van der Waals surface area contributed by atoms with Crippen molar-refractivity contribution in [3.63, 3.8) is 0 Å². The molecular weight excluding hydrogens is 309 g/mol. The summed E-state index contributed by atoms with van der Waals surface area (Å²) < 4.78 is 0. The van der Waals surface area contributed by atoms with Gasteiger partial charge in [-0.3, -0.25) is 9.78 Å². The summed E-state index contributed by atoms with van der Waals surface area (Å²) in [4.78, 5) is 18.9. The van der Waals surface area contributed by atoms with Crippen molar-refractivity contribution in [1.29, 1.82) is 0 Å². The van der Waals surface area contributed by atoms with Gasteiger partial charge in [0.2, 0.25) is 0 Å². The Bertz CT molecular complexity index is 648. The smallest absolute Gasteiger partial charge is 0.254 e. The van der Waals surface area contributed by atoms with Crippen LogP contribution in [0.5, 0.6) is 0 Å². The standard InChI is InChI=1S/C15H17N3O.2ClH/c1-10-8-13(12-4-2-3-5-14(12)17-10)15(19)18-7-6-11(16)9-18;;/h2-5,8,11H,6-7,9,16H2,1H3;2*1H/t11-;;/m1../s1. The van der Waals surface area contributed by atoms with Gasteiger partial charge in [0.1, 0.15) is 0 Å². The van der Waals surface area contributed by atoms with Crippen LogP contribution in [0.15, 0.2) is 30.3 Å². The number of pyridine rings is 1. The number of aromatic nitrogens is 1. The van der Waals surface area contributed by atoms with Crippen LogP contribution in [0.3, 0.4) is 0 Å². The lowest BCUT2D eigenvalue weighted by Crippen LogP contribution is -2.32. The third-order valence-corrected chi connectivity index (χ3v) is 3.59. The first-order chi connectivity index (χ1) is 9.15. The highest BCUT2D eigenvalue weighted by Crippen LogP contribution is 2.21. The number of nitrogens with two attached hydrogens (primary N) is 1. The zero-order chi connectivity index (χ0) is 13.4. The van der Waals surface area contributed by atoms with Gasteiger partial charge < -0.3 is 10.6 Å². The third kappa shape index (κ3) is 3.46. The Hall–Kier alpha value is -1.36. The molecule has 0 aliphatic carbocycles. The molecule has 1 saturated heterocycles. The maximum Gasteiger partial charge on any atom is 0.254 e. The highest BCUT2D eigenvalue weighted by Gasteiger charge is 2.25. The number of rotatable bonds is 1. The highest BCUT2D eigenvalue weighted by atomic mass is 35.5. The van der Waals surface area contributed by atoms with Crippen molar-refractivity contribution in [3.8, 4) is 0 Å². The average Bonchev–Trinajstić information content (AvgIpc) is 2.83. The molecule has 0 radical (unpaired) electrons. The number of carbonyl (C=O) groups excluding carboxylic acids is 1. The molecule has 1 atom stereocenters. The number of fused-ring (bicyclic) bond motifs is 1. The largest absolute Gasteiger partial charge is 0.337 e. The quantitative estimate of drug-likeness (QED) is 0.875. The fraction of sp³-hybridized carbons (Fsp3) is 0.333. The molecule has 0 saturated carbocycles. The fourth-order valence-electron chi connectivity index (χ4n) is 2.63. The van der Waals surface area contributed by atoms with E-state index < -0.39 is 0 Å². The SMILES string of the molecule is Cc1cc(C(=O)N2CC[C@@H](N)C2)c2ccccc2n1.Cl.Cl. The molecule has 1 aromatic carbocycles. The second-order valence-corrected chi connectivity index (χ2v) is 5.13. The van der Waals surface area contributed by atoms with Crippen LogP contribution in [-0.4, -0.2) is 34.9 Å². The van der Waals surface area contributed by atoms with Gasteiger partial charge in [0.15, 0.2) is 0 Å². The van der Waals surface area contributed by atoms with Crippen molar-refractivity contribution in [3.05, 3.63) is 41.6 Å². The minimum atomic E-state index is 0. The number of nitrogens with zero attached hydrogens (tertiary/aromatic N) is 2. The summed E-state index contributed by atoms with van der Waals surface area (Å²) in [7, 11) is 0. The van der Waals surface area contributed by atoms with Crippen LogP contribution in [0, 0.1) is 6.92 Å². The molecule has 1 aliphatic heterocycles. The maximum absolute atomic E-state index is 12.6. The molecule has 1 fully saturated rings. The van der Waals surface area contributed by atoms with E-state index in [2.05, 4.69) is 4.98 Å². The number of hydrogen-bond acceptors (Lipinski definition) is 3. The summed E-state index contributed by atoms with van der Waals surface area (Å²) in [6.45, 7) is 3.31. The molecule has 2 N–H and O–H groups in total. The summed E-state index contributed by atoms with van der Waals surface area (Å²) in [6, 6.07) is 9.74. The first-order valence-corrected chi connectivity index (χ1v) is 6.56. The summed E-state index contributed by atoms with van der Waals surface area (Å²) >= 11 is 0. The third-order valence-electron chi connectivity index (χ3n) is 3.59. The van der Waals surface area contributed by atoms with Crippen LogP contribution in [0.1, 0.15) is 22.5 Å². The van der Waals surface area contributed by atoms with Crippen LogP contribution in [0.4, 0.5) is 0 Å². The van der Waals surface area contributed by atoms with Crippen molar-refractivity contribution in [1.82, 2.24) is 9.88 Å². The Balaban J connectivity index is 0.00000110. The van der Waals surface area contributed by atoms with Gasteiger partial charge >= 0.3 is 0 Å². The van der Waals surface area contributed by atoms with E-state index in [4.69, 9.17) is 5.73 Å². The van der Waals surface area contributed by atoms with Crippen LogP contribution >= 0.6 is 24.8 Å². The van der Waals surface area contributed by atoms with Gasteiger partial charge in [0.05, 0.1) is 11.1 Å². The Labute approximate surface area is 136 Å². The van der Waals surface area contributed by atoms with Gasteiger partial charge in [-0.15, -0.1) is 24.8 Å². The van der Waals surface area contributed by atoms with E-state index in [0.717, 1.165) is 35.1 Å². The molecule has 1 amide bonds. The number of likely N-dealkylation sites (tertiary alicyclic amines) is 1. The summed E-state index contributed by atoms with van der Waals surface area (Å²) in [5.74, 6) is 0.0645. The van der Waals surface area contributed by atoms with E-state index in [-0.39, 0.29) is 36.8 Å². The Morgan fingerprint density at radius 2 is 2.05 bits per heavy atom. The second kappa shape index (κ2) is 7.07. The van der Waals surface area contributed by atoms with Gasteiger partial charge in [0, 0.05) is 30.2 Å². The number of benzene rings is 1. The number of aryl methyl sites for hydroxylation is 1. The molecule has 6 heteroatoms. The lowest BCUT2D eigenvalue weighted by atomic mass is 10.1. The summed E-state index contributed by atoms with van der Waals surface area (Å²) in [5.41, 5.74) is 8.35. The number of amides is 1. The maximum atomic E-state index is 12.6. The fourth-order valence-corrected chi connectivity index (χ4v) is 2.63. The Morgan fingerprint density at radius 1 is 1.33 bits per heavy atom. The molecular formula is C15H19Cl2N3O. The molecule has 1 aromatic heterocycles. The molecule has 114 valence electrons. The molecule has 1 aliphatic rings. The van der Waals surface area contributed by atoms with E-state index in [1.807, 2.05) is 42.2 Å². The number of hydrogen-bond donors (Lipinski definition) is 1. The zero-order valence-corrected chi connectivity index (χ0v) is 13.4. The normalized spacial score (nSPS) is 17.2. The number of carbonyl (C=O) groups is 1. The van der Waals surface area contributed by atoms with Crippen LogP contribution < -0.4 is 5.73 Å². The molecule has 21 heavy (non-hydrogen) atoms. The molecule has 0 spiro atoms. The monoisotopic (exact) mass is 327 g/mol. The average molecular weight is 328 g/mol. The van der Waals surface area contributed by atoms with E-state index in [0.29, 0.717) is 6.54 Å². The molecule has 0 unspecified atom stereocenters. The molecule has 4 nitrogen and oxygen atoms in total. The van der Waals surface area contributed by atoms with Gasteiger partial charge in [-0.25, -0.2) is 0 Å². The minimum Gasteiger partial charge on any atom is -0.337 e. The van der Waals surface area contributed by atoms with Crippen LogP contribution in [-0.2, 0) is 0 Å². The summed E-state index contributed by atoms with van der Waals surface area (Å²) in [6.07, 6.45) is 0.883. The first kappa shape index (κ1) is 17.7. The van der Waals surface area contributed by atoms with Crippen LogP contribution in [0.2, 0.25) is 0 Å². The highest BCUT2D eigenvalue weighted by molar-refractivity contribution is 6.06. The van der Waals surface area contributed by atoms with Gasteiger partial charge in [0.25, 0.3) is 5.91 Å². The predicted octanol–water partition coefficient (Wildman–Crippen LogP) is 2.56. The van der Waals surface area contributed by atoms with Crippen molar-refractivity contribution in [2.75, 3.05) is 13.1 Å². The minimum absolute atomic E-state index is 0. The van der Waals surface area contributed by atoms with Crippen molar-refractivity contribution in [2.24, 2.45) is 5.73 Å². The van der Waals surface area contributed by atoms with E-state index >= 15 is 0 Å².